The molecule has 1 saturated heterocycles. The quantitative estimate of drug-likeness (QED) is 0.554. The fraction of sp³-hybridized carbons (Fsp3) is 0.440. The molecule has 10 nitrogen and oxygen atoms in total. The van der Waals surface area contributed by atoms with Crippen molar-refractivity contribution in [3.63, 3.8) is 0 Å². The van der Waals surface area contributed by atoms with Gasteiger partial charge in [0.2, 0.25) is 18.4 Å². The number of carbonyl (C=O) groups excluding carboxylic acids is 2. The summed E-state index contributed by atoms with van der Waals surface area (Å²) in [6, 6.07) is 8.95. The summed E-state index contributed by atoms with van der Waals surface area (Å²) >= 11 is 0. The molecular formula is C25H30N2O8. The lowest BCUT2D eigenvalue weighted by Crippen LogP contribution is -2.47. The normalized spacial score (nSPS) is 15.7. The third-order valence-corrected chi connectivity index (χ3v) is 6.40. The first-order chi connectivity index (χ1) is 17.0. The van der Waals surface area contributed by atoms with Gasteiger partial charge in [-0.3, -0.25) is 9.59 Å². The highest BCUT2D eigenvalue weighted by atomic mass is 16.7. The highest BCUT2D eigenvalue weighted by Crippen LogP contribution is 2.41. The number of methoxy groups -OCH3 is 3. The minimum absolute atomic E-state index is 0.177. The second-order valence-electron chi connectivity index (χ2n) is 8.33. The number of hydrogen-bond donors (Lipinski definition) is 2. The Morgan fingerprint density at radius 1 is 0.914 bits per heavy atom. The Balaban J connectivity index is 1.39. The minimum Gasteiger partial charge on any atom is -0.493 e. The Labute approximate surface area is 203 Å². The van der Waals surface area contributed by atoms with Gasteiger partial charge in [-0.15, -0.1) is 0 Å². The average molecular weight is 487 g/mol. The van der Waals surface area contributed by atoms with E-state index in [0.29, 0.717) is 42.8 Å². The van der Waals surface area contributed by atoms with Crippen LogP contribution < -0.4 is 34.3 Å². The second-order valence-corrected chi connectivity index (χ2v) is 8.33. The van der Waals surface area contributed by atoms with Gasteiger partial charge >= 0.3 is 0 Å². The third kappa shape index (κ3) is 5.22. The number of ether oxygens (including phenoxy) is 6. The third-order valence-electron chi connectivity index (χ3n) is 6.40. The van der Waals surface area contributed by atoms with Crippen LogP contribution in [0.2, 0.25) is 0 Å². The van der Waals surface area contributed by atoms with Gasteiger partial charge < -0.3 is 39.1 Å². The first-order valence-corrected chi connectivity index (χ1v) is 11.3. The van der Waals surface area contributed by atoms with Crippen LogP contribution in [0.25, 0.3) is 0 Å². The molecule has 1 fully saturated rings. The van der Waals surface area contributed by atoms with Crippen LogP contribution in [0.3, 0.4) is 0 Å². The molecule has 0 aliphatic carbocycles. The van der Waals surface area contributed by atoms with Crippen molar-refractivity contribution in [2.45, 2.75) is 18.3 Å². The maximum absolute atomic E-state index is 12.7. The Hall–Kier alpha value is -3.66. The van der Waals surface area contributed by atoms with Gasteiger partial charge in [0, 0.05) is 30.7 Å². The number of nitrogens with one attached hydrogen (secondary N) is 2. The molecule has 2 heterocycles. The summed E-state index contributed by atoms with van der Waals surface area (Å²) in [4.78, 5) is 25.4. The molecule has 2 N–H and O–H groups in total. The van der Waals surface area contributed by atoms with E-state index in [1.165, 1.54) is 33.5 Å². The van der Waals surface area contributed by atoms with Crippen LogP contribution in [-0.4, -0.2) is 66.2 Å². The van der Waals surface area contributed by atoms with E-state index >= 15 is 0 Å². The molecule has 2 aliphatic rings. The summed E-state index contributed by atoms with van der Waals surface area (Å²) in [5, 5.41) is 5.63. The molecule has 0 bridgehead atoms. The lowest BCUT2D eigenvalue weighted by atomic mass is 9.74. The standard InChI is InChI=1S/C25H30N2O8/c1-30-20-10-16(11-21(31-2)23(20)32-3)24(29)26-13-22(28)27-14-25(6-8-33-9-7-25)17-4-5-18-19(12-17)35-15-34-18/h4-5,10-12H,6-9,13-15H2,1-3H3,(H,26,29)(H,27,28). The zero-order valence-corrected chi connectivity index (χ0v) is 20.1. The van der Waals surface area contributed by atoms with Crippen LogP contribution in [-0.2, 0) is 14.9 Å². The number of carbonyl (C=O) groups is 2. The zero-order valence-electron chi connectivity index (χ0n) is 20.1. The van der Waals surface area contributed by atoms with Gasteiger partial charge in [0.05, 0.1) is 27.9 Å². The number of benzene rings is 2. The van der Waals surface area contributed by atoms with E-state index < -0.39 is 5.91 Å². The van der Waals surface area contributed by atoms with E-state index in [2.05, 4.69) is 10.6 Å². The van der Waals surface area contributed by atoms with E-state index in [9.17, 15) is 9.59 Å². The van der Waals surface area contributed by atoms with Crippen molar-refractivity contribution in [1.82, 2.24) is 10.6 Å². The molecule has 0 saturated carbocycles. The molecule has 188 valence electrons. The highest BCUT2D eigenvalue weighted by molar-refractivity contribution is 5.97. The van der Waals surface area contributed by atoms with E-state index in [4.69, 9.17) is 28.4 Å². The van der Waals surface area contributed by atoms with Crippen molar-refractivity contribution in [2.75, 3.05) is 54.4 Å². The van der Waals surface area contributed by atoms with Crippen molar-refractivity contribution in [1.29, 1.82) is 0 Å². The van der Waals surface area contributed by atoms with Crippen molar-refractivity contribution in [2.24, 2.45) is 0 Å². The van der Waals surface area contributed by atoms with Gasteiger partial charge in [0.15, 0.2) is 23.0 Å². The average Bonchev–Trinajstić information content (AvgIpc) is 3.38. The van der Waals surface area contributed by atoms with Crippen LogP contribution in [0.1, 0.15) is 28.8 Å². The Morgan fingerprint density at radius 2 is 1.60 bits per heavy atom. The SMILES string of the molecule is COc1cc(C(=O)NCC(=O)NCC2(c3ccc4c(c3)OCO4)CCOCC2)cc(OC)c1OC. The maximum atomic E-state index is 12.7. The molecule has 2 aromatic carbocycles. The van der Waals surface area contributed by atoms with Crippen molar-refractivity contribution < 1.29 is 38.0 Å². The van der Waals surface area contributed by atoms with Gasteiger partial charge in [-0.1, -0.05) is 6.07 Å². The highest BCUT2D eigenvalue weighted by Gasteiger charge is 2.36. The lowest BCUT2D eigenvalue weighted by molar-refractivity contribution is -0.120. The molecule has 2 amide bonds. The maximum Gasteiger partial charge on any atom is 0.251 e. The van der Waals surface area contributed by atoms with E-state index in [1.807, 2.05) is 18.2 Å². The molecular weight excluding hydrogens is 456 g/mol. The number of amides is 2. The van der Waals surface area contributed by atoms with Crippen molar-refractivity contribution >= 4 is 11.8 Å². The molecule has 35 heavy (non-hydrogen) atoms. The summed E-state index contributed by atoms with van der Waals surface area (Å²) in [5.41, 5.74) is 1.05. The smallest absolute Gasteiger partial charge is 0.251 e. The Kier molecular flexibility index (Phi) is 7.50. The summed E-state index contributed by atoms with van der Waals surface area (Å²) in [6.07, 6.45) is 1.51. The monoisotopic (exact) mass is 486 g/mol. The van der Waals surface area contributed by atoms with Crippen LogP contribution in [0.5, 0.6) is 28.7 Å². The molecule has 0 atom stereocenters. The predicted molar refractivity (Wildman–Crippen MR) is 126 cm³/mol. The fourth-order valence-electron chi connectivity index (χ4n) is 4.36. The van der Waals surface area contributed by atoms with Crippen LogP contribution in [0.15, 0.2) is 30.3 Å². The van der Waals surface area contributed by atoms with Crippen molar-refractivity contribution in [3.8, 4) is 28.7 Å². The minimum atomic E-state index is -0.434. The summed E-state index contributed by atoms with van der Waals surface area (Å²) in [5.74, 6) is 1.79. The Morgan fingerprint density at radius 3 is 2.26 bits per heavy atom. The lowest BCUT2D eigenvalue weighted by Gasteiger charge is -2.38. The molecule has 0 radical (unpaired) electrons. The van der Waals surface area contributed by atoms with Crippen molar-refractivity contribution in [3.05, 3.63) is 41.5 Å². The van der Waals surface area contributed by atoms with E-state index in [-0.39, 0.29) is 30.2 Å². The fourth-order valence-corrected chi connectivity index (χ4v) is 4.36. The summed E-state index contributed by atoms with van der Waals surface area (Å²) in [7, 11) is 4.43. The topological polar surface area (TPSA) is 114 Å². The van der Waals surface area contributed by atoms with Crippen LogP contribution in [0, 0.1) is 0 Å². The first-order valence-electron chi connectivity index (χ1n) is 11.3. The van der Waals surface area contributed by atoms with Crippen LogP contribution in [0.4, 0.5) is 0 Å². The molecule has 0 aromatic heterocycles. The van der Waals surface area contributed by atoms with E-state index in [0.717, 1.165) is 24.2 Å². The van der Waals surface area contributed by atoms with E-state index in [1.54, 1.807) is 0 Å². The molecule has 2 aromatic rings. The molecule has 10 heteroatoms. The molecule has 4 rings (SSSR count). The largest absolute Gasteiger partial charge is 0.493 e. The first kappa shape index (κ1) is 24.5. The summed E-state index contributed by atoms with van der Waals surface area (Å²) < 4.78 is 32.4. The van der Waals surface area contributed by atoms with Gasteiger partial charge in [-0.05, 0) is 42.7 Å². The number of rotatable bonds is 9. The molecule has 0 spiro atoms. The Bertz CT molecular complexity index is 1060. The zero-order chi connectivity index (χ0) is 24.8. The second kappa shape index (κ2) is 10.7. The number of fused-ring (bicyclic) bond motifs is 1. The van der Waals surface area contributed by atoms with Crippen LogP contribution >= 0.6 is 0 Å². The van der Waals surface area contributed by atoms with Gasteiger partial charge in [-0.25, -0.2) is 0 Å². The molecule has 2 aliphatic heterocycles. The van der Waals surface area contributed by atoms with Gasteiger partial charge in [-0.2, -0.15) is 0 Å². The van der Waals surface area contributed by atoms with Gasteiger partial charge in [0.1, 0.15) is 0 Å². The predicted octanol–water partition coefficient (Wildman–Crippen LogP) is 2.04. The summed E-state index contributed by atoms with van der Waals surface area (Å²) in [6.45, 7) is 1.64. The molecule has 0 unspecified atom stereocenters. The van der Waals surface area contributed by atoms with Gasteiger partial charge in [0.25, 0.3) is 5.91 Å². The number of hydrogen-bond acceptors (Lipinski definition) is 8.